The van der Waals surface area contributed by atoms with Gasteiger partial charge in [0.25, 0.3) is 5.19 Å². The first-order valence-corrected chi connectivity index (χ1v) is 8.88. The monoisotopic (exact) mass is 364 g/mol. The van der Waals surface area contributed by atoms with E-state index in [9.17, 15) is 0 Å². The summed E-state index contributed by atoms with van der Waals surface area (Å²) in [7, 11) is 1.66. The van der Waals surface area contributed by atoms with E-state index >= 15 is 0 Å². The van der Waals surface area contributed by atoms with Crippen LogP contribution in [0.3, 0.4) is 0 Å². The molecule has 3 aromatic heterocycles. The smallest absolute Gasteiger partial charge is 0.280 e. The van der Waals surface area contributed by atoms with Crippen LogP contribution >= 0.6 is 11.3 Å². The van der Waals surface area contributed by atoms with Crippen LogP contribution in [-0.2, 0) is 6.54 Å². The van der Waals surface area contributed by atoms with Crippen molar-refractivity contribution in [2.24, 2.45) is 0 Å². The molecular formula is C19H16N4O2S. The van der Waals surface area contributed by atoms with Crippen molar-refractivity contribution in [3.8, 4) is 28.1 Å². The normalized spacial score (nSPS) is 10.7. The number of methoxy groups -OCH3 is 1. The highest BCUT2D eigenvalue weighted by atomic mass is 32.1. The fourth-order valence-electron chi connectivity index (χ4n) is 2.43. The van der Waals surface area contributed by atoms with E-state index in [1.54, 1.807) is 19.4 Å². The first-order chi connectivity index (χ1) is 12.8. The molecule has 0 atom stereocenters. The Morgan fingerprint density at radius 1 is 1.12 bits per heavy atom. The maximum Gasteiger partial charge on any atom is 0.280 e. The summed E-state index contributed by atoms with van der Waals surface area (Å²) in [4.78, 5) is 8.64. The van der Waals surface area contributed by atoms with Crippen LogP contribution in [0.2, 0.25) is 0 Å². The highest BCUT2D eigenvalue weighted by molar-refractivity contribution is 7.11. The SMILES string of the molecule is COc1ccc(Cn2cc(-c3csc(Oc4ccccn4)n3)cn2)cc1. The molecule has 3 heterocycles. The number of hydrogen-bond acceptors (Lipinski definition) is 6. The van der Waals surface area contributed by atoms with Crippen LogP contribution in [0, 0.1) is 0 Å². The zero-order valence-corrected chi connectivity index (χ0v) is 14.9. The van der Waals surface area contributed by atoms with E-state index in [0.29, 0.717) is 17.6 Å². The van der Waals surface area contributed by atoms with Crippen molar-refractivity contribution in [1.82, 2.24) is 19.7 Å². The third-order valence-corrected chi connectivity index (χ3v) is 4.46. The molecule has 0 aliphatic heterocycles. The Bertz CT molecular complexity index is 980. The van der Waals surface area contributed by atoms with Crippen LogP contribution in [0.4, 0.5) is 0 Å². The van der Waals surface area contributed by atoms with Gasteiger partial charge in [0.05, 0.1) is 25.5 Å². The summed E-state index contributed by atoms with van der Waals surface area (Å²) >= 11 is 1.43. The topological polar surface area (TPSA) is 62.1 Å². The van der Waals surface area contributed by atoms with Crippen LogP contribution in [0.1, 0.15) is 5.56 Å². The van der Waals surface area contributed by atoms with Crippen LogP contribution in [0.15, 0.2) is 66.4 Å². The second-order valence-corrected chi connectivity index (χ2v) is 6.36. The van der Waals surface area contributed by atoms with Gasteiger partial charge in [-0.15, -0.1) is 0 Å². The molecule has 0 saturated carbocycles. The number of aromatic nitrogens is 4. The fourth-order valence-corrected chi connectivity index (χ4v) is 3.12. The minimum absolute atomic E-state index is 0.531. The first-order valence-electron chi connectivity index (χ1n) is 8.00. The second-order valence-electron chi connectivity index (χ2n) is 5.54. The Balaban J connectivity index is 1.45. The summed E-state index contributed by atoms with van der Waals surface area (Å²) in [6.07, 6.45) is 5.47. The van der Waals surface area contributed by atoms with Crippen molar-refractivity contribution in [1.29, 1.82) is 0 Å². The van der Waals surface area contributed by atoms with Gasteiger partial charge in [0.2, 0.25) is 5.88 Å². The molecule has 0 saturated heterocycles. The maximum atomic E-state index is 5.66. The molecule has 4 aromatic rings. The largest absolute Gasteiger partial charge is 0.497 e. The highest BCUT2D eigenvalue weighted by Gasteiger charge is 2.09. The molecule has 0 radical (unpaired) electrons. The van der Waals surface area contributed by atoms with Gasteiger partial charge in [-0.05, 0) is 23.8 Å². The Morgan fingerprint density at radius 2 is 2.00 bits per heavy atom. The molecule has 0 unspecified atom stereocenters. The van der Waals surface area contributed by atoms with E-state index in [0.717, 1.165) is 22.6 Å². The molecule has 0 N–H and O–H groups in total. The number of pyridine rings is 1. The first kappa shape index (κ1) is 16.3. The van der Waals surface area contributed by atoms with E-state index < -0.39 is 0 Å². The van der Waals surface area contributed by atoms with E-state index in [1.165, 1.54) is 11.3 Å². The number of benzene rings is 1. The van der Waals surface area contributed by atoms with Gasteiger partial charge in [-0.1, -0.05) is 29.5 Å². The molecule has 7 heteroatoms. The zero-order valence-electron chi connectivity index (χ0n) is 14.1. The Morgan fingerprint density at radius 3 is 2.77 bits per heavy atom. The van der Waals surface area contributed by atoms with Gasteiger partial charge in [-0.3, -0.25) is 4.68 Å². The lowest BCUT2D eigenvalue weighted by Gasteiger charge is -2.03. The van der Waals surface area contributed by atoms with Crippen molar-refractivity contribution in [2.45, 2.75) is 6.54 Å². The molecule has 6 nitrogen and oxygen atoms in total. The molecule has 0 spiro atoms. The van der Waals surface area contributed by atoms with Crippen molar-refractivity contribution >= 4 is 11.3 Å². The van der Waals surface area contributed by atoms with E-state index in [-0.39, 0.29) is 0 Å². The van der Waals surface area contributed by atoms with Gasteiger partial charge in [-0.25, -0.2) is 9.97 Å². The lowest BCUT2D eigenvalue weighted by atomic mass is 10.2. The van der Waals surface area contributed by atoms with Crippen LogP contribution in [-0.4, -0.2) is 26.9 Å². The zero-order chi connectivity index (χ0) is 17.8. The number of nitrogens with zero attached hydrogens (tertiary/aromatic N) is 4. The lowest BCUT2D eigenvalue weighted by Crippen LogP contribution is -1.99. The van der Waals surface area contributed by atoms with E-state index in [1.807, 2.05) is 58.9 Å². The molecule has 26 heavy (non-hydrogen) atoms. The quantitative estimate of drug-likeness (QED) is 0.512. The van der Waals surface area contributed by atoms with Gasteiger partial charge < -0.3 is 9.47 Å². The summed E-state index contributed by atoms with van der Waals surface area (Å²) in [5.41, 5.74) is 2.94. The predicted octanol–water partition coefficient (Wildman–Crippen LogP) is 4.25. The van der Waals surface area contributed by atoms with Crippen molar-refractivity contribution in [3.63, 3.8) is 0 Å². The third kappa shape index (κ3) is 3.73. The van der Waals surface area contributed by atoms with Gasteiger partial charge in [0.1, 0.15) is 5.75 Å². The molecule has 0 fully saturated rings. The molecular weight excluding hydrogens is 348 g/mol. The molecule has 130 valence electrons. The van der Waals surface area contributed by atoms with Crippen LogP contribution < -0.4 is 9.47 Å². The maximum absolute atomic E-state index is 5.66. The number of rotatable bonds is 6. The van der Waals surface area contributed by atoms with Gasteiger partial charge in [0.15, 0.2) is 0 Å². The number of hydrogen-bond donors (Lipinski definition) is 0. The molecule has 0 aliphatic carbocycles. The fraction of sp³-hybridized carbons (Fsp3) is 0.105. The number of thiazole rings is 1. The summed E-state index contributed by atoms with van der Waals surface area (Å²) in [5.74, 6) is 1.38. The Labute approximate surface area is 154 Å². The summed E-state index contributed by atoms with van der Waals surface area (Å²) in [5, 5.41) is 6.93. The third-order valence-electron chi connectivity index (χ3n) is 3.75. The summed E-state index contributed by atoms with van der Waals surface area (Å²) in [6.45, 7) is 0.686. The summed E-state index contributed by atoms with van der Waals surface area (Å²) < 4.78 is 12.7. The van der Waals surface area contributed by atoms with Gasteiger partial charge in [-0.2, -0.15) is 5.10 Å². The highest BCUT2D eigenvalue weighted by Crippen LogP contribution is 2.29. The predicted molar refractivity (Wildman–Crippen MR) is 99.7 cm³/mol. The average molecular weight is 364 g/mol. The average Bonchev–Trinajstić information content (AvgIpc) is 3.33. The van der Waals surface area contributed by atoms with Crippen LogP contribution in [0.5, 0.6) is 16.8 Å². The van der Waals surface area contributed by atoms with Crippen molar-refractivity contribution in [3.05, 3.63) is 72.0 Å². The molecule has 1 aromatic carbocycles. The minimum atomic E-state index is 0.531. The molecule has 0 amide bonds. The van der Waals surface area contributed by atoms with Crippen molar-refractivity contribution in [2.75, 3.05) is 7.11 Å². The minimum Gasteiger partial charge on any atom is -0.497 e. The lowest BCUT2D eigenvalue weighted by molar-refractivity contribution is 0.414. The molecule has 0 aliphatic rings. The van der Waals surface area contributed by atoms with E-state index in [2.05, 4.69) is 15.1 Å². The second kappa shape index (κ2) is 7.37. The van der Waals surface area contributed by atoms with E-state index in [4.69, 9.17) is 9.47 Å². The van der Waals surface area contributed by atoms with Gasteiger partial charge >= 0.3 is 0 Å². The van der Waals surface area contributed by atoms with Gasteiger partial charge in [0, 0.05) is 29.4 Å². The van der Waals surface area contributed by atoms with Crippen LogP contribution in [0.25, 0.3) is 11.3 Å². The summed E-state index contributed by atoms with van der Waals surface area (Å²) in [6, 6.07) is 13.5. The molecule has 4 rings (SSSR count). The standard InChI is InChI=1S/C19H16N4O2S/c1-24-16-7-5-14(6-8-16)11-23-12-15(10-21-23)17-13-26-19(22-17)25-18-4-2-3-9-20-18/h2-10,12-13H,11H2,1H3. The van der Waals surface area contributed by atoms with Crippen molar-refractivity contribution < 1.29 is 9.47 Å². The molecule has 0 bridgehead atoms. The Hall–Kier alpha value is -3.19. The number of ether oxygens (including phenoxy) is 2. The Kier molecular flexibility index (Phi) is 4.61.